The molecular weight excluding hydrogens is 274 g/mol. The summed E-state index contributed by atoms with van der Waals surface area (Å²) < 4.78 is 5.24. The topological polar surface area (TPSA) is 97.8 Å². The second-order valence-corrected chi connectivity index (χ2v) is 3.31. The summed E-state index contributed by atoms with van der Waals surface area (Å²) in [4.78, 5) is 17.4. The average Bonchev–Trinajstić information content (AvgIpc) is 2.50. The van der Waals surface area contributed by atoms with Crippen LogP contribution in [0.4, 0.5) is 5.82 Å². The highest BCUT2D eigenvalue weighted by Crippen LogP contribution is 2.27. The number of ether oxygens (including phenoxy) is 1. The molecule has 0 saturated heterocycles. The van der Waals surface area contributed by atoms with Gasteiger partial charge in [0.15, 0.2) is 5.69 Å². The maximum Gasteiger partial charge on any atom is 0.406 e. The second kappa shape index (κ2) is 9.24. The number of hydrogen-bond acceptors (Lipinski definition) is 6. The Labute approximate surface area is 123 Å². The summed E-state index contributed by atoms with van der Waals surface area (Å²) in [5.41, 5.74) is 0.579. The molecule has 0 atom stereocenters. The van der Waals surface area contributed by atoms with Gasteiger partial charge in [-0.15, -0.1) is 0 Å². The number of allylic oxidation sites excluding steroid dienone is 2. The molecular formula is C14H19N3O4. The maximum absolute atomic E-state index is 10.7. The van der Waals surface area contributed by atoms with Gasteiger partial charge in [0.25, 0.3) is 0 Å². The third-order valence-electron chi connectivity index (χ3n) is 2.16. The molecule has 1 aromatic rings. The smallest absolute Gasteiger partial charge is 0.406 e. The molecule has 0 bridgehead atoms. The zero-order valence-corrected chi connectivity index (χ0v) is 12.4. The van der Waals surface area contributed by atoms with Crippen molar-refractivity contribution in [1.29, 1.82) is 0 Å². The zero-order chi connectivity index (χ0) is 16.4. The molecule has 0 amide bonds. The van der Waals surface area contributed by atoms with Crippen LogP contribution in [0.25, 0.3) is 5.57 Å². The summed E-state index contributed by atoms with van der Waals surface area (Å²) in [6.45, 7) is 13.1. The first-order chi connectivity index (χ1) is 10.0. The van der Waals surface area contributed by atoms with Crippen molar-refractivity contribution < 1.29 is 14.8 Å². The fourth-order valence-corrected chi connectivity index (χ4v) is 1.37. The lowest BCUT2D eigenvalue weighted by Crippen LogP contribution is -1.99. The Balaban J connectivity index is 0.00000191. The van der Waals surface area contributed by atoms with Gasteiger partial charge in [-0.3, -0.25) is 0 Å². The van der Waals surface area contributed by atoms with Crippen LogP contribution < -0.4 is 0 Å². The highest BCUT2D eigenvalue weighted by atomic mass is 16.6. The number of pyridine rings is 1. The Morgan fingerprint density at radius 1 is 1.57 bits per heavy atom. The highest BCUT2D eigenvalue weighted by molar-refractivity contribution is 5.74. The number of nitro groups is 1. The van der Waals surface area contributed by atoms with Crippen molar-refractivity contribution in [3.8, 4) is 5.75 Å². The van der Waals surface area contributed by atoms with Crippen molar-refractivity contribution in [2.45, 2.75) is 20.8 Å². The van der Waals surface area contributed by atoms with Crippen LogP contribution in [0.2, 0.25) is 0 Å². The van der Waals surface area contributed by atoms with E-state index >= 15 is 0 Å². The van der Waals surface area contributed by atoms with Crippen molar-refractivity contribution in [3.63, 3.8) is 0 Å². The van der Waals surface area contributed by atoms with Gasteiger partial charge in [-0.05, 0) is 35.7 Å². The quantitative estimate of drug-likeness (QED) is 0.285. The molecule has 0 aliphatic heterocycles. The number of aromatic hydroxyl groups is 1. The highest BCUT2D eigenvalue weighted by Gasteiger charge is 2.20. The average molecular weight is 293 g/mol. The fraction of sp³-hybridized carbons (Fsp3) is 0.286. The number of rotatable bonds is 6. The van der Waals surface area contributed by atoms with Gasteiger partial charge < -0.3 is 20.0 Å². The Morgan fingerprint density at radius 3 is 2.62 bits per heavy atom. The normalized spacial score (nSPS) is 10.6. The van der Waals surface area contributed by atoms with Crippen molar-refractivity contribution in [2.75, 3.05) is 6.61 Å². The standard InChI is InChI=1S/C12H13N3O4.C2H6/c1-4-8(12(13-3)19-5-2)9-6-7-10(16)11(14-9)15(17)18;1-2/h4,6-7,16H,1,3,5H2,2H3;1-2H3/b12-8-;. The molecule has 0 radical (unpaired) electrons. The number of nitrogens with zero attached hydrogens (tertiary/aromatic N) is 3. The Bertz CT molecular complexity index is 553. The van der Waals surface area contributed by atoms with Crippen LogP contribution in [0.15, 0.2) is 35.7 Å². The summed E-state index contributed by atoms with van der Waals surface area (Å²) in [6.07, 6.45) is 1.41. The van der Waals surface area contributed by atoms with Crippen LogP contribution in [-0.2, 0) is 4.74 Å². The first kappa shape index (κ1) is 18.3. The molecule has 1 N–H and O–H groups in total. The predicted octanol–water partition coefficient (Wildman–Crippen LogP) is 3.31. The summed E-state index contributed by atoms with van der Waals surface area (Å²) in [7, 11) is 0. The minimum Gasteiger partial charge on any atom is -0.501 e. The minimum absolute atomic E-state index is 0.171. The monoisotopic (exact) mass is 293 g/mol. The molecule has 0 fully saturated rings. The predicted molar refractivity (Wildman–Crippen MR) is 82.2 cm³/mol. The van der Waals surface area contributed by atoms with Crippen LogP contribution in [0.5, 0.6) is 5.75 Å². The van der Waals surface area contributed by atoms with E-state index in [0.717, 1.165) is 0 Å². The molecule has 0 aliphatic rings. The molecule has 0 spiro atoms. The van der Waals surface area contributed by atoms with E-state index in [1.165, 1.54) is 18.2 Å². The Kier molecular flexibility index (Phi) is 8.05. The van der Waals surface area contributed by atoms with Gasteiger partial charge in [0.05, 0.1) is 12.2 Å². The third kappa shape index (κ3) is 4.72. The van der Waals surface area contributed by atoms with E-state index < -0.39 is 16.5 Å². The van der Waals surface area contributed by atoms with E-state index in [1.807, 2.05) is 13.8 Å². The lowest BCUT2D eigenvalue weighted by atomic mass is 10.1. The van der Waals surface area contributed by atoms with E-state index in [2.05, 4.69) is 23.3 Å². The molecule has 1 heterocycles. The van der Waals surface area contributed by atoms with Crippen molar-refractivity contribution in [2.24, 2.45) is 4.99 Å². The van der Waals surface area contributed by atoms with Crippen molar-refractivity contribution >= 4 is 18.1 Å². The first-order valence-corrected chi connectivity index (χ1v) is 6.36. The molecule has 0 aliphatic carbocycles. The maximum atomic E-state index is 10.7. The van der Waals surface area contributed by atoms with Gasteiger partial charge in [0.1, 0.15) is 0 Å². The Hall–Kier alpha value is -2.70. The van der Waals surface area contributed by atoms with Gasteiger partial charge in [-0.2, -0.15) is 0 Å². The Morgan fingerprint density at radius 2 is 2.19 bits per heavy atom. The molecule has 1 aromatic heterocycles. The molecule has 21 heavy (non-hydrogen) atoms. The number of hydrogen-bond donors (Lipinski definition) is 1. The molecule has 7 heteroatoms. The van der Waals surface area contributed by atoms with E-state index in [0.29, 0.717) is 12.2 Å². The third-order valence-corrected chi connectivity index (χ3v) is 2.16. The van der Waals surface area contributed by atoms with E-state index in [4.69, 9.17) is 4.74 Å². The fourth-order valence-electron chi connectivity index (χ4n) is 1.37. The molecule has 0 unspecified atom stereocenters. The summed E-state index contributed by atoms with van der Waals surface area (Å²) >= 11 is 0. The molecule has 114 valence electrons. The minimum atomic E-state index is -0.777. The molecule has 0 saturated carbocycles. The largest absolute Gasteiger partial charge is 0.501 e. The van der Waals surface area contributed by atoms with Crippen LogP contribution in [0.3, 0.4) is 0 Å². The van der Waals surface area contributed by atoms with E-state index in [-0.39, 0.29) is 11.6 Å². The van der Waals surface area contributed by atoms with E-state index in [1.54, 1.807) is 6.92 Å². The van der Waals surface area contributed by atoms with Crippen molar-refractivity contribution in [3.05, 3.63) is 46.5 Å². The first-order valence-electron chi connectivity index (χ1n) is 6.36. The SMILES string of the molecule is C=C/C(=C(\N=C)OCC)c1ccc(O)c([N+](=O)[O-])n1.CC. The van der Waals surface area contributed by atoms with Crippen LogP contribution in [0, 0.1) is 10.1 Å². The van der Waals surface area contributed by atoms with Crippen LogP contribution >= 0.6 is 0 Å². The summed E-state index contributed by atoms with van der Waals surface area (Å²) in [5.74, 6) is -0.983. The van der Waals surface area contributed by atoms with Crippen LogP contribution in [-0.4, -0.2) is 28.3 Å². The van der Waals surface area contributed by atoms with Crippen LogP contribution in [0.1, 0.15) is 26.5 Å². The lowest BCUT2D eigenvalue weighted by Gasteiger charge is -2.06. The van der Waals surface area contributed by atoms with Gasteiger partial charge in [-0.25, -0.2) is 4.99 Å². The van der Waals surface area contributed by atoms with Gasteiger partial charge in [0, 0.05) is 0 Å². The lowest BCUT2D eigenvalue weighted by molar-refractivity contribution is -0.390. The zero-order valence-electron chi connectivity index (χ0n) is 12.4. The van der Waals surface area contributed by atoms with Crippen molar-refractivity contribution in [1.82, 2.24) is 4.98 Å². The summed E-state index contributed by atoms with van der Waals surface area (Å²) in [5, 5.41) is 20.1. The summed E-state index contributed by atoms with van der Waals surface area (Å²) in [6, 6.07) is 2.58. The molecule has 1 rings (SSSR count). The molecule has 7 nitrogen and oxygen atoms in total. The van der Waals surface area contributed by atoms with Gasteiger partial charge in [0.2, 0.25) is 11.6 Å². The number of aromatic nitrogens is 1. The second-order valence-electron chi connectivity index (χ2n) is 3.31. The van der Waals surface area contributed by atoms with E-state index in [9.17, 15) is 15.2 Å². The molecule has 0 aromatic carbocycles. The van der Waals surface area contributed by atoms with Gasteiger partial charge in [-0.1, -0.05) is 26.5 Å². The number of aliphatic imine (C=N–C) groups is 1. The van der Waals surface area contributed by atoms with Gasteiger partial charge >= 0.3 is 5.82 Å².